The van der Waals surface area contributed by atoms with Gasteiger partial charge in [-0.1, -0.05) is 48.0 Å². The molecule has 0 bridgehead atoms. The molecule has 0 aromatic heterocycles. The summed E-state index contributed by atoms with van der Waals surface area (Å²) < 4.78 is 11.4. The van der Waals surface area contributed by atoms with Crippen LogP contribution in [0.1, 0.15) is 36.8 Å². The van der Waals surface area contributed by atoms with Crippen molar-refractivity contribution in [2.24, 2.45) is 5.41 Å². The van der Waals surface area contributed by atoms with Crippen LogP contribution in [0.3, 0.4) is 0 Å². The maximum absolute atomic E-state index is 12.3. The number of carbonyl (C=O) groups excluding carboxylic acids is 1. The third kappa shape index (κ3) is 5.55. The monoisotopic (exact) mass is 433 g/mol. The Kier molecular flexibility index (Phi) is 8.32. The molecule has 0 aliphatic heterocycles. The van der Waals surface area contributed by atoms with E-state index in [1.165, 1.54) is 17.6 Å². The first-order valence-electron chi connectivity index (χ1n) is 9.87. The zero-order chi connectivity index (χ0) is 19.6. The van der Waals surface area contributed by atoms with Gasteiger partial charge in [-0.25, -0.2) is 4.79 Å². The third-order valence-corrected chi connectivity index (χ3v) is 6.83. The molecule has 0 saturated heterocycles. The Morgan fingerprint density at radius 2 is 1.67 bits per heavy atom. The topological polar surface area (TPSA) is 102 Å². The van der Waals surface area contributed by atoms with Crippen LogP contribution in [0.4, 0.5) is 4.79 Å². The van der Waals surface area contributed by atoms with Gasteiger partial charge in [-0.15, -0.1) is 0 Å². The smallest absolute Gasteiger partial charge is 0.410 e. The number of benzene rings is 2. The van der Waals surface area contributed by atoms with Crippen LogP contribution in [0.25, 0.3) is 0 Å². The normalized spacial score (nSPS) is 23.9. The second kappa shape index (κ2) is 10.3. The highest BCUT2D eigenvalue weighted by Crippen LogP contribution is 2.58. The molecule has 1 amide bonds. The molecule has 7 heteroatoms. The highest BCUT2D eigenvalue weighted by Gasteiger charge is 2.55. The number of aryl methyl sites for hydroxylation is 1. The Balaban J connectivity index is 0.00000160. The number of nitrogens with zero attached hydrogens (tertiary/aromatic N) is 1. The van der Waals surface area contributed by atoms with Crippen LogP contribution >= 0.6 is 12.0 Å². The summed E-state index contributed by atoms with van der Waals surface area (Å²) in [5, 5.41) is 0. The van der Waals surface area contributed by atoms with E-state index < -0.39 is 0 Å². The van der Waals surface area contributed by atoms with E-state index in [1.54, 1.807) is 4.90 Å². The number of hydrogen-bond donors (Lipinski definition) is 0. The van der Waals surface area contributed by atoms with Gasteiger partial charge in [-0.05, 0) is 55.7 Å². The molecule has 2 aliphatic rings. The van der Waals surface area contributed by atoms with Gasteiger partial charge in [0.05, 0.1) is 6.10 Å². The van der Waals surface area contributed by atoms with Crippen LogP contribution in [0.15, 0.2) is 59.5 Å². The first kappa shape index (κ1) is 24.2. The van der Waals surface area contributed by atoms with Crippen LogP contribution in [-0.4, -0.2) is 41.1 Å². The van der Waals surface area contributed by atoms with Crippen LogP contribution in [-0.2, 0) is 15.5 Å². The van der Waals surface area contributed by atoms with Gasteiger partial charge >= 0.3 is 6.09 Å². The van der Waals surface area contributed by atoms with Crippen molar-refractivity contribution in [3.63, 3.8) is 0 Å². The third-order valence-electron chi connectivity index (χ3n) is 6.00. The molecule has 2 fully saturated rings. The minimum Gasteiger partial charge on any atom is -0.445 e. The number of amides is 1. The summed E-state index contributed by atoms with van der Waals surface area (Å²) in [6, 6.07) is 18.5. The standard InChI is InChI=1S/C23H27NO3S.2H2O/c1-17-8-10-21(11-9-17)28-27-20-14-23(15-20)12-19(13-23)24(2)22(25)26-16-18-6-4-3-5-7-18;;/h3-11,19-20H,12-16H2,1-2H3;2*1H2. The second-order valence-corrected chi connectivity index (χ2v) is 9.07. The van der Waals surface area contributed by atoms with Gasteiger partial charge in [0.1, 0.15) is 6.61 Å². The Morgan fingerprint density at radius 3 is 2.30 bits per heavy atom. The highest BCUT2D eigenvalue weighted by atomic mass is 32.2. The lowest BCUT2D eigenvalue weighted by atomic mass is 9.52. The molecule has 4 N–H and O–H groups in total. The SMILES string of the molecule is Cc1ccc(SOC2CC3(C2)CC(N(C)C(=O)OCc2ccccc2)C3)cc1.O.O. The van der Waals surface area contributed by atoms with Crippen molar-refractivity contribution in [1.82, 2.24) is 4.90 Å². The highest BCUT2D eigenvalue weighted by molar-refractivity contribution is 7.94. The molecule has 6 nitrogen and oxygen atoms in total. The minimum atomic E-state index is -0.231. The van der Waals surface area contributed by atoms with E-state index in [4.69, 9.17) is 8.92 Å². The van der Waals surface area contributed by atoms with Gasteiger partial charge in [-0.3, -0.25) is 0 Å². The predicted octanol–water partition coefficient (Wildman–Crippen LogP) is 3.95. The largest absolute Gasteiger partial charge is 0.445 e. The van der Waals surface area contributed by atoms with Crippen LogP contribution in [0.5, 0.6) is 0 Å². The van der Waals surface area contributed by atoms with Crippen molar-refractivity contribution in [3.05, 3.63) is 65.7 Å². The first-order valence-corrected chi connectivity index (χ1v) is 10.6. The van der Waals surface area contributed by atoms with Gasteiger partial charge in [0.25, 0.3) is 0 Å². The number of hydrogen-bond acceptors (Lipinski definition) is 4. The summed E-state index contributed by atoms with van der Waals surface area (Å²) in [5.41, 5.74) is 2.65. The molecular formula is C23H31NO5S. The average molecular weight is 434 g/mol. The maximum Gasteiger partial charge on any atom is 0.410 e. The molecule has 2 aliphatic carbocycles. The van der Waals surface area contributed by atoms with Crippen LogP contribution in [0.2, 0.25) is 0 Å². The van der Waals surface area contributed by atoms with Gasteiger partial charge in [0.15, 0.2) is 0 Å². The fourth-order valence-corrected chi connectivity index (χ4v) is 4.84. The molecule has 30 heavy (non-hydrogen) atoms. The molecule has 2 aromatic rings. The molecule has 0 atom stereocenters. The first-order chi connectivity index (χ1) is 13.5. The van der Waals surface area contributed by atoms with E-state index in [2.05, 4.69) is 31.2 Å². The maximum atomic E-state index is 12.3. The molecule has 164 valence electrons. The lowest BCUT2D eigenvalue weighted by Gasteiger charge is -2.58. The van der Waals surface area contributed by atoms with Gasteiger partial charge < -0.3 is 24.8 Å². The fraction of sp³-hybridized carbons (Fsp3) is 0.435. The van der Waals surface area contributed by atoms with E-state index in [9.17, 15) is 4.79 Å². The van der Waals surface area contributed by atoms with Gasteiger partial charge in [0.2, 0.25) is 0 Å². The van der Waals surface area contributed by atoms with Crippen molar-refractivity contribution in [1.29, 1.82) is 0 Å². The van der Waals surface area contributed by atoms with Crippen LogP contribution in [0, 0.1) is 12.3 Å². The summed E-state index contributed by atoms with van der Waals surface area (Å²) in [6.45, 7) is 2.42. The molecule has 0 heterocycles. The Morgan fingerprint density at radius 1 is 1.03 bits per heavy atom. The van der Waals surface area contributed by atoms with Crippen LogP contribution < -0.4 is 0 Å². The van der Waals surface area contributed by atoms with E-state index >= 15 is 0 Å². The molecule has 2 saturated carbocycles. The Bertz CT molecular complexity index is 800. The number of ether oxygens (including phenoxy) is 1. The molecule has 0 unspecified atom stereocenters. The summed E-state index contributed by atoms with van der Waals surface area (Å²) >= 11 is 1.48. The summed E-state index contributed by atoms with van der Waals surface area (Å²) in [7, 11) is 1.85. The summed E-state index contributed by atoms with van der Waals surface area (Å²) in [6.07, 6.45) is 4.39. The van der Waals surface area contributed by atoms with Crippen molar-refractivity contribution >= 4 is 18.1 Å². The van der Waals surface area contributed by atoms with E-state index in [1.807, 2.05) is 37.4 Å². The lowest BCUT2D eigenvalue weighted by molar-refractivity contribution is -0.101. The molecule has 2 aromatic carbocycles. The second-order valence-electron chi connectivity index (χ2n) is 8.24. The van der Waals surface area contributed by atoms with Gasteiger partial charge in [0, 0.05) is 30.0 Å². The fourth-order valence-electron chi connectivity index (χ4n) is 4.21. The zero-order valence-corrected chi connectivity index (χ0v) is 18.3. The predicted molar refractivity (Wildman–Crippen MR) is 118 cm³/mol. The van der Waals surface area contributed by atoms with E-state index in [0.717, 1.165) is 36.1 Å². The quantitative estimate of drug-likeness (QED) is 0.644. The van der Waals surface area contributed by atoms with E-state index in [0.29, 0.717) is 18.1 Å². The van der Waals surface area contributed by atoms with Crippen molar-refractivity contribution in [3.8, 4) is 0 Å². The number of rotatable bonds is 6. The Hall–Kier alpha value is -2.06. The number of carbonyl (C=O) groups is 1. The van der Waals surface area contributed by atoms with E-state index in [-0.39, 0.29) is 23.1 Å². The average Bonchev–Trinajstić information content (AvgIpc) is 2.65. The van der Waals surface area contributed by atoms with Crippen molar-refractivity contribution < 1.29 is 24.7 Å². The molecule has 1 spiro atoms. The van der Waals surface area contributed by atoms with Gasteiger partial charge in [-0.2, -0.15) is 0 Å². The molecule has 0 radical (unpaired) electrons. The summed E-state index contributed by atoms with van der Waals surface area (Å²) in [4.78, 5) is 15.2. The summed E-state index contributed by atoms with van der Waals surface area (Å²) in [5.74, 6) is 0. The molecule has 4 rings (SSSR count). The lowest BCUT2D eigenvalue weighted by Crippen LogP contribution is -2.58. The minimum absolute atomic E-state index is 0. The molecular weight excluding hydrogens is 402 g/mol. The van der Waals surface area contributed by atoms with Crippen molar-refractivity contribution in [2.75, 3.05) is 7.05 Å². The Labute approximate surface area is 182 Å². The van der Waals surface area contributed by atoms with Crippen molar-refractivity contribution in [2.45, 2.75) is 56.3 Å². The zero-order valence-electron chi connectivity index (χ0n) is 17.5.